The fourth-order valence-electron chi connectivity index (χ4n) is 3.64. The Morgan fingerprint density at radius 1 is 1.10 bits per heavy atom. The van der Waals surface area contributed by atoms with Gasteiger partial charge >= 0.3 is 0 Å². The summed E-state index contributed by atoms with van der Waals surface area (Å²) in [5.74, 6) is -0.849. The van der Waals surface area contributed by atoms with Crippen molar-refractivity contribution >= 4 is 37.5 Å². The molecule has 1 amide bonds. The molecular weight excluding hydrogens is 425 g/mol. The van der Waals surface area contributed by atoms with Gasteiger partial charge in [0, 0.05) is 25.2 Å². The number of carbonyl (C=O) groups is 1. The van der Waals surface area contributed by atoms with Crippen molar-refractivity contribution in [3.05, 3.63) is 58.6 Å². The van der Waals surface area contributed by atoms with Crippen LogP contribution in [0.4, 0.5) is 4.39 Å². The first-order valence-corrected chi connectivity index (χ1v) is 12.1. The molecule has 2 aromatic carbocycles. The van der Waals surface area contributed by atoms with Gasteiger partial charge in [-0.1, -0.05) is 23.8 Å². The molecular formula is C21H22FN3O3S2. The summed E-state index contributed by atoms with van der Waals surface area (Å²) in [7, 11) is -3.55. The Bertz CT molecular complexity index is 1250. The van der Waals surface area contributed by atoms with E-state index >= 15 is 0 Å². The minimum absolute atomic E-state index is 0.175. The zero-order valence-electron chi connectivity index (χ0n) is 16.5. The molecule has 0 atom stereocenters. The molecule has 1 fully saturated rings. The lowest BCUT2D eigenvalue weighted by Gasteiger charge is -2.25. The van der Waals surface area contributed by atoms with Gasteiger partial charge in [0.15, 0.2) is 4.80 Å². The van der Waals surface area contributed by atoms with Crippen LogP contribution in [0.15, 0.2) is 52.4 Å². The van der Waals surface area contributed by atoms with Gasteiger partial charge in [-0.2, -0.15) is 9.30 Å². The molecule has 9 heteroatoms. The van der Waals surface area contributed by atoms with E-state index in [1.165, 1.54) is 46.0 Å². The number of carbonyl (C=O) groups excluding carboxylic acids is 1. The maximum absolute atomic E-state index is 14.2. The Balaban J connectivity index is 1.65. The lowest BCUT2D eigenvalue weighted by atomic mass is 10.2. The van der Waals surface area contributed by atoms with Gasteiger partial charge < -0.3 is 4.57 Å². The van der Waals surface area contributed by atoms with Gasteiger partial charge in [-0.25, -0.2) is 12.8 Å². The third-order valence-corrected chi connectivity index (χ3v) is 8.18. The van der Waals surface area contributed by atoms with E-state index in [4.69, 9.17) is 0 Å². The quantitative estimate of drug-likeness (QED) is 0.611. The smallest absolute Gasteiger partial charge is 0.279 e. The number of fused-ring (bicyclic) bond motifs is 1. The van der Waals surface area contributed by atoms with Crippen LogP contribution in [0.1, 0.15) is 36.5 Å². The molecule has 2 heterocycles. The molecule has 1 aromatic heterocycles. The van der Waals surface area contributed by atoms with Crippen LogP contribution < -0.4 is 4.80 Å². The third-order valence-electron chi connectivity index (χ3n) is 5.22. The van der Waals surface area contributed by atoms with Gasteiger partial charge in [-0.3, -0.25) is 4.79 Å². The highest BCUT2D eigenvalue weighted by molar-refractivity contribution is 7.89. The lowest BCUT2D eigenvalue weighted by Crippen LogP contribution is -2.35. The molecule has 0 saturated carbocycles. The van der Waals surface area contributed by atoms with E-state index in [-0.39, 0.29) is 16.3 Å². The second-order valence-electron chi connectivity index (χ2n) is 7.12. The molecule has 1 aliphatic rings. The first-order chi connectivity index (χ1) is 14.4. The molecule has 0 aliphatic carbocycles. The zero-order valence-corrected chi connectivity index (χ0v) is 18.2. The van der Waals surface area contributed by atoms with Crippen molar-refractivity contribution in [2.45, 2.75) is 37.6 Å². The van der Waals surface area contributed by atoms with Gasteiger partial charge in [-0.15, -0.1) is 0 Å². The Morgan fingerprint density at radius 2 is 1.80 bits per heavy atom. The Hall–Kier alpha value is -2.36. The normalized spacial score (nSPS) is 16.3. The van der Waals surface area contributed by atoms with E-state index in [0.29, 0.717) is 34.7 Å². The summed E-state index contributed by atoms with van der Waals surface area (Å²) < 4.78 is 43.6. The van der Waals surface area contributed by atoms with Gasteiger partial charge in [0.2, 0.25) is 10.0 Å². The molecule has 1 aliphatic heterocycles. The summed E-state index contributed by atoms with van der Waals surface area (Å²) in [5.41, 5.74) is 0.715. The summed E-state index contributed by atoms with van der Waals surface area (Å²) in [6, 6.07) is 10.7. The maximum atomic E-state index is 14.2. The number of sulfonamides is 1. The number of rotatable bonds is 4. The molecule has 0 spiro atoms. The van der Waals surface area contributed by atoms with Gasteiger partial charge in [0.1, 0.15) is 5.82 Å². The van der Waals surface area contributed by atoms with Crippen LogP contribution >= 0.6 is 11.3 Å². The van der Waals surface area contributed by atoms with Crippen LogP contribution in [-0.2, 0) is 16.6 Å². The second kappa shape index (κ2) is 8.41. The minimum atomic E-state index is -3.55. The van der Waals surface area contributed by atoms with E-state index in [0.717, 1.165) is 19.3 Å². The molecule has 0 radical (unpaired) electrons. The molecule has 158 valence electrons. The predicted molar refractivity (Wildman–Crippen MR) is 114 cm³/mol. The third kappa shape index (κ3) is 3.84. The Kier molecular flexibility index (Phi) is 5.86. The number of thiazole rings is 1. The minimum Gasteiger partial charge on any atom is -0.314 e. The van der Waals surface area contributed by atoms with Gasteiger partial charge in [0.05, 0.1) is 15.1 Å². The zero-order chi connectivity index (χ0) is 21.3. The van der Waals surface area contributed by atoms with E-state index < -0.39 is 15.9 Å². The van der Waals surface area contributed by atoms with E-state index in [2.05, 4.69) is 4.99 Å². The lowest BCUT2D eigenvalue weighted by molar-refractivity contribution is 0.0997. The van der Waals surface area contributed by atoms with Crippen molar-refractivity contribution in [1.29, 1.82) is 0 Å². The number of benzene rings is 2. The van der Waals surface area contributed by atoms with Crippen molar-refractivity contribution in [2.24, 2.45) is 4.99 Å². The average Bonchev–Trinajstić information content (AvgIpc) is 3.12. The molecule has 1 saturated heterocycles. The monoisotopic (exact) mass is 447 g/mol. The molecule has 3 aromatic rings. The Morgan fingerprint density at radius 3 is 2.47 bits per heavy atom. The maximum Gasteiger partial charge on any atom is 0.279 e. The van der Waals surface area contributed by atoms with E-state index in [9.17, 15) is 17.6 Å². The van der Waals surface area contributed by atoms with E-state index in [1.807, 2.05) is 6.92 Å². The number of halogens is 1. The number of aromatic nitrogens is 1. The van der Waals surface area contributed by atoms with E-state index in [1.54, 1.807) is 16.7 Å². The highest BCUT2D eigenvalue weighted by Gasteiger charge is 2.26. The van der Waals surface area contributed by atoms with Crippen LogP contribution in [0, 0.1) is 5.82 Å². The predicted octanol–water partition coefficient (Wildman–Crippen LogP) is 3.78. The summed E-state index contributed by atoms with van der Waals surface area (Å²) in [4.78, 5) is 17.4. The number of para-hydroxylation sites is 1. The Labute approximate surface area is 178 Å². The van der Waals surface area contributed by atoms with Crippen molar-refractivity contribution in [1.82, 2.24) is 8.87 Å². The van der Waals surface area contributed by atoms with Crippen molar-refractivity contribution in [3.63, 3.8) is 0 Å². The number of hydrogen-bond acceptors (Lipinski definition) is 4. The fraction of sp³-hybridized carbons (Fsp3) is 0.333. The van der Waals surface area contributed by atoms with Crippen LogP contribution in [-0.4, -0.2) is 36.3 Å². The van der Waals surface area contributed by atoms with Crippen molar-refractivity contribution in [3.8, 4) is 0 Å². The molecule has 30 heavy (non-hydrogen) atoms. The van der Waals surface area contributed by atoms with Crippen LogP contribution in [0.5, 0.6) is 0 Å². The topological polar surface area (TPSA) is 71.7 Å². The number of nitrogens with zero attached hydrogens (tertiary/aromatic N) is 3. The number of piperidine rings is 1. The first kappa shape index (κ1) is 20.9. The highest BCUT2D eigenvalue weighted by Crippen LogP contribution is 2.22. The highest BCUT2D eigenvalue weighted by atomic mass is 32.2. The number of aryl methyl sites for hydroxylation is 1. The summed E-state index contributed by atoms with van der Waals surface area (Å²) >= 11 is 1.24. The van der Waals surface area contributed by atoms with Gasteiger partial charge in [0.25, 0.3) is 5.91 Å². The molecule has 4 rings (SSSR count). The number of amides is 1. The average molecular weight is 448 g/mol. The second-order valence-corrected chi connectivity index (χ2v) is 10.1. The van der Waals surface area contributed by atoms with Crippen LogP contribution in [0.3, 0.4) is 0 Å². The van der Waals surface area contributed by atoms with Crippen LogP contribution in [0.25, 0.3) is 10.2 Å². The summed E-state index contributed by atoms with van der Waals surface area (Å²) in [5, 5.41) is 0. The standard InChI is InChI=1S/C21H22FN3O3S2/c1-2-25-19-17(22)7-6-8-18(19)29-21(25)23-20(26)15-9-11-16(12-10-15)30(27,28)24-13-4-3-5-14-24/h6-12H,2-5,13-14H2,1H3. The summed E-state index contributed by atoms with van der Waals surface area (Å²) in [6.07, 6.45) is 2.77. The van der Waals surface area contributed by atoms with Crippen LogP contribution in [0.2, 0.25) is 0 Å². The first-order valence-electron chi connectivity index (χ1n) is 9.89. The molecule has 0 N–H and O–H groups in total. The van der Waals surface area contributed by atoms with Gasteiger partial charge in [-0.05, 0) is 56.2 Å². The fourth-order valence-corrected chi connectivity index (χ4v) is 6.26. The molecule has 6 nitrogen and oxygen atoms in total. The largest absolute Gasteiger partial charge is 0.314 e. The number of hydrogen-bond donors (Lipinski definition) is 0. The molecule has 0 unspecified atom stereocenters. The molecule has 0 bridgehead atoms. The van der Waals surface area contributed by atoms with Crippen molar-refractivity contribution in [2.75, 3.05) is 13.1 Å². The SMILES string of the molecule is CCn1c(=NC(=O)c2ccc(S(=O)(=O)N3CCCCC3)cc2)sc2cccc(F)c21. The summed E-state index contributed by atoms with van der Waals surface area (Å²) in [6.45, 7) is 3.39. The van der Waals surface area contributed by atoms with Crippen molar-refractivity contribution < 1.29 is 17.6 Å².